The monoisotopic (exact) mass is 198 g/mol. The second-order valence-electron chi connectivity index (χ2n) is 5.09. The molecule has 14 heavy (non-hydrogen) atoms. The molecular weight excluding hydrogens is 172 g/mol. The Morgan fingerprint density at radius 1 is 1.29 bits per heavy atom. The largest absolute Gasteiger partial charge is 0.316 e. The average Bonchev–Trinajstić information content (AvgIpc) is 2.62. The van der Waals surface area contributed by atoms with Crippen LogP contribution in [0.2, 0.25) is 0 Å². The van der Waals surface area contributed by atoms with E-state index in [0.29, 0.717) is 0 Å². The fourth-order valence-corrected chi connectivity index (χ4v) is 2.18. The smallest absolute Gasteiger partial charge is 0.0204 e. The van der Waals surface area contributed by atoms with Crippen molar-refractivity contribution in [3.63, 3.8) is 0 Å². The van der Waals surface area contributed by atoms with E-state index in [0.717, 1.165) is 18.0 Å². The Morgan fingerprint density at radius 3 is 2.50 bits per heavy atom. The molecule has 2 heteroatoms. The quantitative estimate of drug-likeness (QED) is 0.728. The van der Waals surface area contributed by atoms with Crippen molar-refractivity contribution in [2.24, 2.45) is 5.92 Å². The zero-order chi connectivity index (χ0) is 10.6. The number of nitrogens with zero attached hydrogens (tertiary/aromatic N) is 1. The Balaban J connectivity index is 2.21. The van der Waals surface area contributed by atoms with E-state index in [1.807, 2.05) is 0 Å². The highest BCUT2D eigenvalue weighted by molar-refractivity contribution is 4.82. The molecule has 0 spiro atoms. The van der Waals surface area contributed by atoms with Crippen molar-refractivity contribution in [3.05, 3.63) is 0 Å². The number of hydrogen-bond donors (Lipinski definition) is 1. The van der Waals surface area contributed by atoms with Crippen molar-refractivity contribution in [1.82, 2.24) is 10.2 Å². The molecule has 1 aliphatic rings. The van der Waals surface area contributed by atoms with E-state index >= 15 is 0 Å². The van der Waals surface area contributed by atoms with Gasteiger partial charge in [-0.1, -0.05) is 13.8 Å². The van der Waals surface area contributed by atoms with Crippen LogP contribution in [-0.4, -0.2) is 37.1 Å². The maximum absolute atomic E-state index is 3.37. The van der Waals surface area contributed by atoms with Gasteiger partial charge in [-0.25, -0.2) is 0 Å². The molecule has 1 rings (SSSR count). The van der Waals surface area contributed by atoms with Crippen molar-refractivity contribution in [1.29, 1.82) is 0 Å². The van der Waals surface area contributed by atoms with Crippen molar-refractivity contribution in [2.45, 2.75) is 52.1 Å². The van der Waals surface area contributed by atoms with Crippen LogP contribution >= 0.6 is 0 Å². The minimum Gasteiger partial charge on any atom is -0.316 e. The van der Waals surface area contributed by atoms with Crippen molar-refractivity contribution in [2.75, 3.05) is 20.1 Å². The standard InChI is InChI=1S/C12H26N2/c1-10(2)5-6-11(3)14-8-7-12(9-14)13-4/h10-13H,5-9H2,1-4H3. The summed E-state index contributed by atoms with van der Waals surface area (Å²) in [6.45, 7) is 9.53. The number of nitrogens with one attached hydrogen (secondary N) is 1. The van der Waals surface area contributed by atoms with E-state index in [1.165, 1.54) is 32.4 Å². The van der Waals surface area contributed by atoms with E-state index < -0.39 is 0 Å². The van der Waals surface area contributed by atoms with E-state index in [4.69, 9.17) is 0 Å². The normalized spacial score (nSPS) is 25.9. The van der Waals surface area contributed by atoms with E-state index in [9.17, 15) is 0 Å². The molecule has 0 aliphatic carbocycles. The summed E-state index contributed by atoms with van der Waals surface area (Å²) in [6, 6.07) is 1.51. The summed E-state index contributed by atoms with van der Waals surface area (Å²) in [5.41, 5.74) is 0. The average molecular weight is 198 g/mol. The molecule has 1 fully saturated rings. The van der Waals surface area contributed by atoms with Gasteiger partial charge in [0, 0.05) is 25.2 Å². The first-order valence-electron chi connectivity index (χ1n) is 6.04. The summed E-state index contributed by atoms with van der Waals surface area (Å²) in [7, 11) is 2.08. The summed E-state index contributed by atoms with van der Waals surface area (Å²) in [5.74, 6) is 0.847. The minimum absolute atomic E-state index is 0.733. The van der Waals surface area contributed by atoms with Crippen LogP contribution in [0.5, 0.6) is 0 Å². The van der Waals surface area contributed by atoms with E-state index in [1.54, 1.807) is 0 Å². The van der Waals surface area contributed by atoms with Crippen LogP contribution in [0, 0.1) is 5.92 Å². The zero-order valence-electron chi connectivity index (χ0n) is 10.2. The first-order valence-corrected chi connectivity index (χ1v) is 6.04. The van der Waals surface area contributed by atoms with Crippen LogP contribution in [0.3, 0.4) is 0 Å². The molecule has 1 aliphatic heterocycles. The van der Waals surface area contributed by atoms with Crippen LogP contribution in [0.15, 0.2) is 0 Å². The lowest BCUT2D eigenvalue weighted by Crippen LogP contribution is -2.35. The van der Waals surface area contributed by atoms with Crippen molar-refractivity contribution < 1.29 is 0 Å². The predicted octanol–water partition coefficient (Wildman–Crippen LogP) is 2.10. The molecule has 1 heterocycles. The predicted molar refractivity (Wildman–Crippen MR) is 62.6 cm³/mol. The third-order valence-electron chi connectivity index (χ3n) is 3.41. The Kier molecular flexibility index (Phi) is 4.90. The van der Waals surface area contributed by atoms with Gasteiger partial charge in [-0.3, -0.25) is 4.90 Å². The lowest BCUT2D eigenvalue weighted by atomic mass is 10.0. The Bertz CT molecular complexity index is 156. The van der Waals surface area contributed by atoms with E-state index in [2.05, 4.69) is 38.0 Å². The van der Waals surface area contributed by atoms with Crippen LogP contribution in [-0.2, 0) is 0 Å². The maximum Gasteiger partial charge on any atom is 0.0204 e. The van der Waals surface area contributed by atoms with Crippen molar-refractivity contribution in [3.8, 4) is 0 Å². The van der Waals surface area contributed by atoms with E-state index in [-0.39, 0.29) is 0 Å². The maximum atomic E-state index is 3.37. The summed E-state index contributed by atoms with van der Waals surface area (Å²) < 4.78 is 0. The molecular formula is C12H26N2. The van der Waals surface area contributed by atoms with Gasteiger partial charge in [0.05, 0.1) is 0 Å². The lowest BCUT2D eigenvalue weighted by molar-refractivity contribution is 0.232. The van der Waals surface area contributed by atoms with Gasteiger partial charge in [-0.05, 0) is 39.2 Å². The van der Waals surface area contributed by atoms with Crippen LogP contribution in [0.1, 0.15) is 40.0 Å². The second-order valence-corrected chi connectivity index (χ2v) is 5.09. The molecule has 0 aromatic carbocycles. The number of likely N-dealkylation sites (tertiary alicyclic amines) is 1. The van der Waals surface area contributed by atoms with Gasteiger partial charge in [0.15, 0.2) is 0 Å². The Morgan fingerprint density at radius 2 is 2.00 bits per heavy atom. The molecule has 84 valence electrons. The minimum atomic E-state index is 0.733. The third kappa shape index (κ3) is 3.58. The third-order valence-corrected chi connectivity index (χ3v) is 3.41. The van der Waals surface area contributed by atoms with Crippen molar-refractivity contribution >= 4 is 0 Å². The molecule has 2 nitrogen and oxygen atoms in total. The van der Waals surface area contributed by atoms with Crippen LogP contribution < -0.4 is 5.32 Å². The highest BCUT2D eigenvalue weighted by Crippen LogP contribution is 2.17. The molecule has 0 bridgehead atoms. The van der Waals surface area contributed by atoms with Gasteiger partial charge in [0.25, 0.3) is 0 Å². The molecule has 0 amide bonds. The molecule has 2 unspecified atom stereocenters. The highest BCUT2D eigenvalue weighted by Gasteiger charge is 2.24. The summed E-state index contributed by atoms with van der Waals surface area (Å²) >= 11 is 0. The van der Waals surface area contributed by atoms with Gasteiger partial charge >= 0.3 is 0 Å². The van der Waals surface area contributed by atoms with Crippen LogP contribution in [0.25, 0.3) is 0 Å². The van der Waals surface area contributed by atoms with Gasteiger partial charge in [0.2, 0.25) is 0 Å². The first kappa shape index (κ1) is 12.0. The fourth-order valence-electron chi connectivity index (χ4n) is 2.18. The molecule has 1 saturated heterocycles. The summed E-state index contributed by atoms with van der Waals surface area (Å²) in [4.78, 5) is 2.63. The number of hydrogen-bond acceptors (Lipinski definition) is 2. The molecule has 0 radical (unpaired) electrons. The zero-order valence-corrected chi connectivity index (χ0v) is 10.2. The van der Waals surface area contributed by atoms with Gasteiger partial charge < -0.3 is 5.32 Å². The summed E-state index contributed by atoms with van der Waals surface area (Å²) in [6.07, 6.45) is 4.04. The first-order chi connectivity index (χ1) is 6.63. The highest BCUT2D eigenvalue weighted by atomic mass is 15.2. The van der Waals surface area contributed by atoms with Gasteiger partial charge in [0.1, 0.15) is 0 Å². The topological polar surface area (TPSA) is 15.3 Å². The molecule has 0 aromatic rings. The van der Waals surface area contributed by atoms with Crippen LogP contribution in [0.4, 0.5) is 0 Å². The Hall–Kier alpha value is -0.0800. The van der Waals surface area contributed by atoms with Gasteiger partial charge in [-0.15, -0.1) is 0 Å². The molecule has 1 N–H and O–H groups in total. The van der Waals surface area contributed by atoms with Gasteiger partial charge in [-0.2, -0.15) is 0 Å². The molecule has 0 saturated carbocycles. The Labute approximate surface area is 89.1 Å². The lowest BCUT2D eigenvalue weighted by Gasteiger charge is -2.24. The number of likely N-dealkylation sites (N-methyl/N-ethyl adjacent to an activating group) is 1. The number of rotatable bonds is 5. The SMILES string of the molecule is CNC1CCN(C(C)CCC(C)C)C1. The summed E-state index contributed by atoms with van der Waals surface area (Å²) in [5, 5.41) is 3.37. The molecule has 2 atom stereocenters. The fraction of sp³-hybridized carbons (Fsp3) is 1.00. The molecule has 0 aromatic heterocycles. The second kappa shape index (κ2) is 5.72.